The van der Waals surface area contributed by atoms with Crippen LogP contribution < -0.4 is 5.32 Å². The second-order valence-electron chi connectivity index (χ2n) is 5.65. The minimum Gasteiger partial charge on any atom is -0.393 e. The van der Waals surface area contributed by atoms with E-state index in [-0.39, 0.29) is 12.1 Å². The van der Waals surface area contributed by atoms with Crippen molar-refractivity contribution in [2.24, 2.45) is 0 Å². The quantitative estimate of drug-likeness (QED) is 0.774. The van der Waals surface area contributed by atoms with Crippen molar-refractivity contribution in [1.82, 2.24) is 19.5 Å². The Balaban J connectivity index is 1.64. The fraction of sp³-hybridized carbons (Fsp3) is 0.312. The molecule has 0 amide bonds. The maximum atomic E-state index is 9.61. The van der Waals surface area contributed by atoms with Gasteiger partial charge in [-0.05, 0) is 37.5 Å². The molecule has 2 atom stereocenters. The highest BCUT2D eigenvalue weighted by molar-refractivity contribution is 5.76. The van der Waals surface area contributed by atoms with Crippen LogP contribution in [0.4, 0.5) is 5.95 Å². The number of aliphatic hydroxyl groups excluding tert-OH is 1. The summed E-state index contributed by atoms with van der Waals surface area (Å²) in [5.41, 5.74) is 1.96. The summed E-state index contributed by atoms with van der Waals surface area (Å²) in [4.78, 5) is 13.2. The zero-order valence-corrected chi connectivity index (χ0v) is 12.1. The van der Waals surface area contributed by atoms with Gasteiger partial charge < -0.3 is 10.4 Å². The molecule has 0 unspecified atom stereocenters. The molecule has 2 N–H and O–H groups in total. The number of hydrogen-bond acceptors (Lipinski definition) is 5. The molecule has 1 saturated carbocycles. The van der Waals surface area contributed by atoms with E-state index >= 15 is 0 Å². The van der Waals surface area contributed by atoms with Crippen LogP contribution in [0.5, 0.6) is 0 Å². The van der Waals surface area contributed by atoms with E-state index in [1.165, 1.54) is 0 Å². The van der Waals surface area contributed by atoms with E-state index < -0.39 is 0 Å². The molecule has 112 valence electrons. The summed E-state index contributed by atoms with van der Waals surface area (Å²) < 4.78 is 1.95. The van der Waals surface area contributed by atoms with Gasteiger partial charge in [-0.1, -0.05) is 12.1 Å². The van der Waals surface area contributed by atoms with Crippen molar-refractivity contribution < 1.29 is 5.11 Å². The van der Waals surface area contributed by atoms with Gasteiger partial charge in [0.15, 0.2) is 0 Å². The molecule has 0 aliphatic heterocycles. The highest BCUT2D eigenvalue weighted by atomic mass is 16.3. The van der Waals surface area contributed by atoms with Crippen molar-refractivity contribution in [3.05, 3.63) is 42.9 Å². The maximum absolute atomic E-state index is 9.61. The first-order valence-electron chi connectivity index (χ1n) is 7.50. The van der Waals surface area contributed by atoms with Crippen LogP contribution in [0.2, 0.25) is 0 Å². The molecule has 2 heterocycles. The largest absolute Gasteiger partial charge is 0.393 e. The number of rotatable bonds is 3. The lowest BCUT2D eigenvalue weighted by Crippen LogP contribution is -2.18. The van der Waals surface area contributed by atoms with Gasteiger partial charge in [0.25, 0.3) is 0 Å². The lowest BCUT2D eigenvalue weighted by Gasteiger charge is -2.12. The molecule has 6 nitrogen and oxygen atoms in total. The lowest BCUT2D eigenvalue weighted by molar-refractivity contribution is 0.182. The molecule has 1 aromatic carbocycles. The van der Waals surface area contributed by atoms with Crippen molar-refractivity contribution in [3.8, 4) is 5.82 Å². The Morgan fingerprint density at radius 3 is 2.91 bits per heavy atom. The molecule has 0 spiro atoms. The van der Waals surface area contributed by atoms with Gasteiger partial charge >= 0.3 is 0 Å². The zero-order valence-electron chi connectivity index (χ0n) is 12.1. The van der Waals surface area contributed by atoms with Crippen molar-refractivity contribution in [2.45, 2.75) is 31.4 Å². The van der Waals surface area contributed by atoms with E-state index in [0.717, 1.165) is 36.1 Å². The van der Waals surface area contributed by atoms with Crippen molar-refractivity contribution in [1.29, 1.82) is 0 Å². The average Bonchev–Trinajstić information content (AvgIpc) is 3.14. The van der Waals surface area contributed by atoms with Crippen LogP contribution in [0, 0.1) is 0 Å². The number of aliphatic hydroxyl groups is 1. The Hall–Kier alpha value is -2.47. The Morgan fingerprint density at radius 1 is 1.14 bits per heavy atom. The fourth-order valence-electron chi connectivity index (χ4n) is 2.97. The van der Waals surface area contributed by atoms with E-state index in [4.69, 9.17) is 0 Å². The molecule has 2 aromatic heterocycles. The number of anilines is 1. The predicted octanol–water partition coefficient (Wildman–Crippen LogP) is 2.14. The van der Waals surface area contributed by atoms with Crippen molar-refractivity contribution >= 4 is 17.0 Å². The first kappa shape index (κ1) is 13.2. The molecule has 1 aliphatic carbocycles. The molecule has 22 heavy (non-hydrogen) atoms. The number of nitrogens with one attached hydrogen (secondary N) is 1. The van der Waals surface area contributed by atoms with Crippen LogP contribution >= 0.6 is 0 Å². The Morgan fingerprint density at radius 2 is 2.05 bits per heavy atom. The van der Waals surface area contributed by atoms with Crippen LogP contribution in [0.15, 0.2) is 42.9 Å². The van der Waals surface area contributed by atoms with E-state index in [1.54, 1.807) is 12.5 Å². The maximum Gasteiger partial charge on any atom is 0.224 e. The van der Waals surface area contributed by atoms with Gasteiger partial charge in [0.05, 0.1) is 17.1 Å². The minimum atomic E-state index is -0.210. The van der Waals surface area contributed by atoms with Crippen LogP contribution in [-0.4, -0.2) is 36.8 Å². The number of hydrogen-bond donors (Lipinski definition) is 2. The first-order valence-corrected chi connectivity index (χ1v) is 7.50. The fourth-order valence-corrected chi connectivity index (χ4v) is 2.97. The number of aromatic nitrogens is 4. The Bertz CT molecular complexity index is 800. The van der Waals surface area contributed by atoms with Crippen LogP contribution in [0.25, 0.3) is 16.9 Å². The average molecular weight is 295 g/mol. The highest BCUT2D eigenvalue weighted by Gasteiger charge is 2.23. The smallest absolute Gasteiger partial charge is 0.224 e. The van der Waals surface area contributed by atoms with Gasteiger partial charge in [-0.2, -0.15) is 4.98 Å². The summed E-state index contributed by atoms with van der Waals surface area (Å²) in [7, 11) is 0. The van der Waals surface area contributed by atoms with E-state index in [2.05, 4.69) is 20.3 Å². The monoisotopic (exact) mass is 295 g/mol. The number of imidazole rings is 1. The number of benzene rings is 1. The molecule has 0 saturated heterocycles. The van der Waals surface area contributed by atoms with Crippen LogP contribution in [-0.2, 0) is 0 Å². The van der Waals surface area contributed by atoms with E-state index in [1.807, 2.05) is 34.9 Å². The van der Waals surface area contributed by atoms with Crippen LogP contribution in [0.3, 0.4) is 0 Å². The summed E-state index contributed by atoms with van der Waals surface area (Å²) in [6.45, 7) is 0. The minimum absolute atomic E-state index is 0.210. The topological polar surface area (TPSA) is 75.9 Å². The molecule has 0 bridgehead atoms. The molecule has 1 aliphatic rings. The second-order valence-corrected chi connectivity index (χ2v) is 5.65. The molecule has 3 aromatic rings. The Labute approximate surface area is 127 Å². The molecule has 1 fully saturated rings. The van der Waals surface area contributed by atoms with E-state index in [0.29, 0.717) is 5.95 Å². The summed E-state index contributed by atoms with van der Waals surface area (Å²) in [5.74, 6) is 1.37. The SMILES string of the molecule is O[C@@H]1CC[C@H](Nc2nccc(-n3cnc4ccccc43)n2)C1. The van der Waals surface area contributed by atoms with Gasteiger partial charge in [0.2, 0.25) is 5.95 Å². The first-order chi connectivity index (χ1) is 10.8. The molecule has 4 rings (SSSR count). The second kappa shape index (κ2) is 5.38. The van der Waals surface area contributed by atoms with Gasteiger partial charge in [0, 0.05) is 12.2 Å². The molecule has 6 heteroatoms. The van der Waals surface area contributed by atoms with E-state index in [9.17, 15) is 5.11 Å². The normalized spacial score (nSPS) is 21.3. The summed E-state index contributed by atoms with van der Waals surface area (Å²) >= 11 is 0. The Kier molecular flexibility index (Phi) is 3.23. The van der Waals surface area contributed by atoms with Gasteiger partial charge in [-0.15, -0.1) is 0 Å². The standard InChI is InChI=1S/C16H17N5O/c22-12-6-5-11(9-12)19-16-17-8-7-15(20-16)21-10-18-13-3-1-2-4-14(13)21/h1-4,7-8,10-12,22H,5-6,9H2,(H,17,19,20)/t11-,12+/m0/s1. The molecule has 0 radical (unpaired) electrons. The highest BCUT2D eigenvalue weighted by Crippen LogP contribution is 2.22. The molecular formula is C16H17N5O. The van der Waals surface area contributed by atoms with Crippen molar-refractivity contribution in [3.63, 3.8) is 0 Å². The number of nitrogens with zero attached hydrogens (tertiary/aromatic N) is 4. The predicted molar refractivity (Wildman–Crippen MR) is 83.9 cm³/mol. The zero-order chi connectivity index (χ0) is 14.9. The number of para-hydroxylation sites is 2. The summed E-state index contributed by atoms with van der Waals surface area (Å²) in [6, 6.07) is 10.1. The third-order valence-corrected chi connectivity index (χ3v) is 4.08. The summed E-state index contributed by atoms with van der Waals surface area (Å²) in [5, 5.41) is 12.9. The number of fused-ring (bicyclic) bond motifs is 1. The van der Waals surface area contributed by atoms with Crippen molar-refractivity contribution in [2.75, 3.05) is 5.32 Å². The summed E-state index contributed by atoms with van der Waals surface area (Å²) in [6.07, 6.45) is 5.84. The third-order valence-electron chi connectivity index (χ3n) is 4.08. The lowest BCUT2D eigenvalue weighted by atomic mass is 10.2. The van der Waals surface area contributed by atoms with Gasteiger partial charge in [0.1, 0.15) is 12.1 Å². The molecular weight excluding hydrogens is 278 g/mol. The van der Waals surface area contributed by atoms with Gasteiger partial charge in [-0.3, -0.25) is 4.57 Å². The van der Waals surface area contributed by atoms with Gasteiger partial charge in [-0.25, -0.2) is 9.97 Å². The van der Waals surface area contributed by atoms with Crippen LogP contribution in [0.1, 0.15) is 19.3 Å². The third kappa shape index (κ3) is 2.42.